The van der Waals surface area contributed by atoms with Gasteiger partial charge < -0.3 is 14.5 Å². The minimum absolute atomic E-state index is 0.121. The summed E-state index contributed by atoms with van der Waals surface area (Å²) in [5.74, 6) is -1.09. The van der Waals surface area contributed by atoms with E-state index in [1.807, 2.05) is 0 Å². The van der Waals surface area contributed by atoms with E-state index in [1.165, 1.54) is 41.4 Å². The van der Waals surface area contributed by atoms with Gasteiger partial charge in [-0.15, -0.1) is 11.3 Å². The van der Waals surface area contributed by atoms with E-state index in [9.17, 15) is 18.8 Å². The molecule has 1 aromatic carbocycles. The lowest BCUT2D eigenvalue weighted by atomic mass is 10.3. The maximum Gasteiger partial charge on any atom is 0.409 e. The van der Waals surface area contributed by atoms with Crippen molar-refractivity contribution in [3.63, 3.8) is 0 Å². The van der Waals surface area contributed by atoms with Crippen LogP contribution in [0.15, 0.2) is 35.7 Å². The smallest absolute Gasteiger partial charge is 0.409 e. The van der Waals surface area contributed by atoms with Crippen molar-refractivity contribution in [3.05, 3.63) is 47.2 Å². The Hall–Kier alpha value is -3.27. The Balaban J connectivity index is 1.64. The van der Waals surface area contributed by atoms with Crippen LogP contribution in [0, 0.1) is 5.82 Å². The molecule has 0 saturated carbocycles. The number of aromatic nitrogens is 1. The van der Waals surface area contributed by atoms with Gasteiger partial charge >= 0.3 is 6.09 Å². The van der Waals surface area contributed by atoms with Crippen molar-refractivity contribution in [2.24, 2.45) is 0 Å². The molecular formula is C21H23FN4O4S. The number of carbonyl (C=O) groups excluding carboxylic acids is 3. The fourth-order valence-corrected chi connectivity index (χ4v) is 3.93. The molecule has 0 N–H and O–H groups in total. The van der Waals surface area contributed by atoms with Crippen LogP contribution < -0.4 is 4.90 Å². The molecule has 0 bridgehead atoms. The predicted molar refractivity (Wildman–Crippen MR) is 116 cm³/mol. The number of hydrogen-bond acceptors (Lipinski definition) is 6. The molecule has 0 aliphatic carbocycles. The van der Waals surface area contributed by atoms with Crippen LogP contribution in [0.1, 0.15) is 19.5 Å². The molecule has 1 aliphatic heterocycles. The van der Waals surface area contributed by atoms with Crippen LogP contribution in [0.2, 0.25) is 0 Å². The number of nitrogens with zero attached hydrogens (tertiary/aromatic N) is 4. The number of benzene rings is 1. The van der Waals surface area contributed by atoms with Crippen molar-refractivity contribution < 1.29 is 23.5 Å². The molecule has 1 saturated heterocycles. The zero-order chi connectivity index (χ0) is 22.4. The number of halogens is 1. The molecule has 0 atom stereocenters. The lowest BCUT2D eigenvalue weighted by molar-refractivity contribution is -0.127. The first-order valence-corrected chi connectivity index (χ1v) is 10.7. The topological polar surface area (TPSA) is 83.0 Å². The molecule has 1 fully saturated rings. The maximum absolute atomic E-state index is 14.2. The van der Waals surface area contributed by atoms with Gasteiger partial charge in [0, 0.05) is 44.6 Å². The lowest BCUT2D eigenvalue weighted by Gasteiger charge is -2.33. The third-order valence-corrected chi connectivity index (χ3v) is 5.47. The predicted octanol–water partition coefficient (Wildman–Crippen LogP) is 3.28. The van der Waals surface area contributed by atoms with Gasteiger partial charge in [0.25, 0.3) is 0 Å². The Kier molecular flexibility index (Phi) is 7.35. The van der Waals surface area contributed by atoms with Crippen LogP contribution in [-0.2, 0) is 14.3 Å². The van der Waals surface area contributed by atoms with Crippen molar-refractivity contribution in [1.82, 2.24) is 14.8 Å². The summed E-state index contributed by atoms with van der Waals surface area (Å²) in [4.78, 5) is 45.1. The highest BCUT2D eigenvalue weighted by molar-refractivity contribution is 7.14. The highest BCUT2D eigenvalue weighted by atomic mass is 32.1. The van der Waals surface area contributed by atoms with Gasteiger partial charge in [0.05, 0.1) is 18.0 Å². The summed E-state index contributed by atoms with van der Waals surface area (Å²) in [6.07, 6.45) is 2.59. The number of carbonyl (C=O) groups is 3. The quantitative estimate of drug-likeness (QED) is 0.659. The molecule has 3 rings (SSSR count). The van der Waals surface area contributed by atoms with Gasteiger partial charge in [0.2, 0.25) is 11.8 Å². The second-order valence-corrected chi connectivity index (χ2v) is 7.54. The molecule has 1 aromatic heterocycles. The number of anilines is 2. The van der Waals surface area contributed by atoms with Gasteiger partial charge in [-0.3, -0.25) is 14.5 Å². The van der Waals surface area contributed by atoms with Crippen molar-refractivity contribution in [3.8, 4) is 0 Å². The number of amides is 3. The number of piperazine rings is 1. The van der Waals surface area contributed by atoms with Gasteiger partial charge in [0.1, 0.15) is 5.82 Å². The van der Waals surface area contributed by atoms with E-state index in [2.05, 4.69) is 4.98 Å². The lowest BCUT2D eigenvalue weighted by Crippen LogP contribution is -2.50. The summed E-state index contributed by atoms with van der Waals surface area (Å²) in [6.45, 7) is 5.05. The van der Waals surface area contributed by atoms with Crippen molar-refractivity contribution >= 4 is 46.1 Å². The summed E-state index contributed by atoms with van der Waals surface area (Å²) in [5.41, 5.74) is 0.608. The molecule has 0 radical (unpaired) electrons. The maximum atomic E-state index is 14.2. The van der Waals surface area contributed by atoms with E-state index in [-0.39, 0.29) is 23.6 Å². The standard InChI is InChI=1S/C21H23FN4O4S/c1-3-30-21(29)25-12-10-24(11-13-25)19(28)9-8-16-14-31-20(23-16)26(15(2)27)18-7-5-4-6-17(18)22/h4-9,14H,3,10-13H2,1-2H3/b9-8+. The average Bonchev–Trinajstić information content (AvgIpc) is 3.22. The number of rotatable bonds is 5. The second-order valence-electron chi connectivity index (χ2n) is 6.71. The minimum Gasteiger partial charge on any atom is -0.450 e. The minimum atomic E-state index is -0.526. The Morgan fingerprint density at radius 3 is 2.52 bits per heavy atom. The van der Waals surface area contributed by atoms with Gasteiger partial charge in [-0.05, 0) is 25.1 Å². The monoisotopic (exact) mass is 446 g/mol. The van der Waals surface area contributed by atoms with Crippen LogP contribution in [0.4, 0.5) is 20.0 Å². The molecule has 0 unspecified atom stereocenters. The first-order chi connectivity index (χ1) is 14.9. The molecule has 0 spiro atoms. The fraction of sp³-hybridized carbons (Fsp3) is 0.333. The molecule has 10 heteroatoms. The van der Waals surface area contributed by atoms with E-state index < -0.39 is 5.82 Å². The first kappa shape index (κ1) is 22.4. The van der Waals surface area contributed by atoms with Crippen molar-refractivity contribution in [1.29, 1.82) is 0 Å². The van der Waals surface area contributed by atoms with Crippen LogP contribution >= 0.6 is 11.3 Å². The highest BCUT2D eigenvalue weighted by Gasteiger charge is 2.24. The van der Waals surface area contributed by atoms with E-state index in [4.69, 9.17) is 4.74 Å². The Bertz CT molecular complexity index is 985. The third kappa shape index (κ3) is 5.46. The van der Waals surface area contributed by atoms with Crippen LogP contribution in [-0.4, -0.2) is 65.5 Å². The zero-order valence-corrected chi connectivity index (χ0v) is 18.1. The molecular weight excluding hydrogens is 423 g/mol. The molecule has 2 aromatic rings. The Labute approximate surface area is 183 Å². The molecule has 31 heavy (non-hydrogen) atoms. The Morgan fingerprint density at radius 2 is 1.87 bits per heavy atom. The summed E-state index contributed by atoms with van der Waals surface area (Å²) in [7, 11) is 0. The summed E-state index contributed by atoms with van der Waals surface area (Å²) >= 11 is 1.18. The van der Waals surface area contributed by atoms with Crippen molar-refractivity contribution in [2.45, 2.75) is 13.8 Å². The van der Waals surface area contributed by atoms with Gasteiger partial charge in [-0.2, -0.15) is 0 Å². The first-order valence-electron chi connectivity index (χ1n) is 9.80. The number of para-hydroxylation sites is 1. The van der Waals surface area contributed by atoms with E-state index in [0.29, 0.717) is 43.6 Å². The normalized spacial score (nSPS) is 14.0. The van der Waals surface area contributed by atoms with E-state index in [1.54, 1.807) is 40.3 Å². The molecule has 164 valence electrons. The fourth-order valence-electron chi connectivity index (χ4n) is 3.08. The number of thiazole rings is 1. The van der Waals surface area contributed by atoms with Crippen LogP contribution in [0.3, 0.4) is 0 Å². The van der Waals surface area contributed by atoms with E-state index >= 15 is 0 Å². The third-order valence-electron chi connectivity index (χ3n) is 4.62. The largest absolute Gasteiger partial charge is 0.450 e. The molecule has 2 heterocycles. The summed E-state index contributed by atoms with van der Waals surface area (Å²) in [5, 5.41) is 2.00. The molecule has 1 aliphatic rings. The SMILES string of the molecule is CCOC(=O)N1CCN(C(=O)/C=C/c2csc(N(C(C)=O)c3ccccc3F)n2)CC1. The summed E-state index contributed by atoms with van der Waals surface area (Å²) < 4.78 is 19.1. The summed E-state index contributed by atoms with van der Waals surface area (Å²) in [6, 6.07) is 5.97. The average molecular weight is 447 g/mol. The van der Waals surface area contributed by atoms with E-state index in [0.717, 1.165) is 0 Å². The molecule has 3 amide bonds. The van der Waals surface area contributed by atoms with Crippen molar-refractivity contribution in [2.75, 3.05) is 37.7 Å². The molecule has 8 nitrogen and oxygen atoms in total. The van der Waals surface area contributed by atoms with Crippen LogP contribution in [0.5, 0.6) is 0 Å². The van der Waals surface area contributed by atoms with Gasteiger partial charge in [-0.1, -0.05) is 12.1 Å². The zero-order valence-electron chi connectivity index (χ0n) is 17.3. The van der Waals surface area contributed by atoms with Gasteiger partial charge in [-0.25, -0.2) is 14.2 Å². The highest BCUT2D eigenvalue weighted by Crippen LogP contribution is 2.31. The second kappa shape index (κ2) is 10.2. The Morgan fingerprint density at radius 1 is 1.19 bits per heavy atom. The number of ether oxygens (including phenoxy) is 1. The van der Waals surface area contributed by atoms with Crippen LogP contribution in [0.25, 0.3) is 6.08 Å². The number of hydrogen-bond donors (Lipinski definition) is 0. The van der Waals surface area contributed by atoms with Gasteiger partial charge in [0.15, 0.2) is 5.13 Å².